The number of benzene rings is 2. The van der Waals surface area contributed by atoms with E-state index in [0.717, 1.165) is 5.56 Å². The molecule has 0 radical (unpaired) electrons. The predicted molar refractivity (Wildman–Crippen MR) is 93.8 cm³/mol. The number of carbonyl (C=O) groups is 1. The number of esters is 1. The number of nitrogens with zero attached hydrogens (tertiary/aromatic N) is 1. The summed E-state index contributed by atoms with van der Waals surface area (Å²) in [4.78, 5) is 34.2. The van der Waals surface area contributed by atoms with Crippen LogP contribution in [0.1, 0.15) is 16.7 Å². The normalized spacial score (nSPS) is 10.7. The summed E-state index contributed by atoms with van der Waals surface area (Å²) in [5.41, 5.74) is 1.48. The van der Waals surface area contributed by atoms with Crippen LogP contribution < -0.4 is 5.63 Å². The molecule has 7 nitrogen and oxygen atoms in total. The first-order valence-electron chi connectivity index (χ1n) is 7.85. The van der Waals surface area contributed by atoms with Gasteiger partial charge in [0.1, 0.15) is 12.2 Å². The van der Waals surface area contributed by atoms with E-state index in [9.17, 15) is 19.7 Å². The maximum atomic E-state index is 12.1. The molecule has 0 saturated heterocycles. The Balaban J connectivity index is 1.78. The average molecular weight is 353 g/mol. The molecule has 26 heavy (non-hydrogen) atoms. The number of ether oxygens (including phenoxy) is 1. The van der Waals surface area contributed by atoms with Gasteiger partial charge in [0.05, 0.1) is 11.3 Å². The number of carbonyl (C=O) groups excluding carboxylic acids is 1. The quantitative estimate of drug-likeness (QED) is 0.302. The Morgan fingerprint density at radius 1 is 1.15 bits per heavy atom. The van der Waals surface area contributed by atoms with Gasteiger partial charge in [-0.3, -0.25) is 14.9 Å². The third kappa shape index (κ3) is 3.77. The highest BCUT2D eigenvalue weighted by molar-refractivity contribution is 5.81. The Morgan fingerprint density at radius 2 is 1.92 bits per heavy atom. The summed E-state index contributed by atoms with van der Waals surface area (Å²) in [6.45, 7) is 1.75. The zero-order chi connectivity index (χ0) is 18.7. The van der Waals surface area contributed by atoms with E-state index in [-0.39, 0.29) is 24.3 Å². The molecule has 1 aromatic heterocycles. The van der Waals surface area contributed by atoms with Crippen molar-refractivity contribution in [2.24, 2.45) is 0 Å². The van der Waals surface area contributed by atoms with Gasteiger partial charge < -0.3 is 9.15 Å². The van der Waals surface area contributed by atoms with Gasteiger partial charge in [0.2, 0.25) is 0 Å². The standard InChI is InChI=1S/C19H15NO6/c1-12-6-7-15-14(10-19(22)26-17(15)8-12)11-25-18(21)9-13-4-2-3-5-16(13)20(23)24/h2-8,10H,9,11H2,1H3. The maximum absolute atomic E-state index is 12.1. The Labute approximate surface area is 148 Å². The molecule has 0 fully saturated rings. The molecule has 2 aromatic carbocycles. The van der Waals surface area contributed by atoms with Crippen LogP contribution >= 0.6 is 0 Å². The second kappa shape index (κ2) is 7.18. The van der Waals surface area contributed by atoms with E-state index in [4.69, 9.17) is 9.15 Å². The summed E-state index contributed by atoms with van der Waals surface area (Å²) in [6, 6.07) is 12.7. The summed E-state index contributed by atoms with van der Waals surface area (Å²) in [7, 11) is 0. The van der Waals surface area contributed by atoms with E-state index in [1.165, 1.54) is 24.3 Å². The Morgan fingerprint density at radius 3 is 2.69 bits per heavy atom. The Kier molecular flexibility index (Phi) is 4.79. The van der Waals surface area contributed by atoms with E-state index >= 15 is 0 Å². The van der Waals surface area contributed by atoms with E-state index in [1.807, 2.05) is 13.0 Å². The molecule has 132 valence electrons. The summed E-state index contributed by atoms with van der Waals surface area (Å²) in [5, 5.41) is 11.7. The maximum Gasteiger partial charge on any atom is 0.336 e. The van der Waals surface area contributed by atoms with Crippen molar-refractivity contribution in [2.45, 2.75) is 20.0 Å². The minimum Gasteiger partial charge on any atom is -0.461 e. The molecular weight excluding hydrogens is 338 g/mol. The fourth-order valence-electron chi connectivity index (χ4n) is 2.66. The molecule has 0 amide bonds. The van der Waals surface area contributed by atoms with Gasteiger partial charge in [0.15, 0.2) is 0 Å². The first-order valence-corrected chi connectivity index (χ1v) is 7.85. The van der Waals surface area contributed by atoms with Gasteiger partial charge in [-0.2, -0.15) is 0 Å². The molecule has 0 aliphatic heterocycles. The first-order chi connectivity index (χ1) is 12.4. The molecular formula is C19H15NO6. The smallest absolute Gasteiger partial charge is 0.336 e. The van der Waals surface area contributed by atoms with Crippen LogP contribution in [0, 0.1) is 17.0 Å². The third-order valence-electron chi connectivity index (χ3n) is 3.90. The van der Waals surface area contributed by atoms with Crippen molar-refractivity contribution in [3.05, 3.63) is 85.8 Å². The van der Waals surface area contributed by atoms with Crippen LogP contribution in [0.4, 0.5) is 5.69 Å². The van der Waals surface area contributed by atoms with Crippen LogP contribution in [-0.2, 0) is 22.6 Å². The number of hydrogen-bond donors (Lipinski definition) is 0. The van der Waals surface area contributed by atoms with Crippen molar-refractivity contribution in [2.75, 3.05) is 0 Å². The number of nitro benzene ring substituents is 1. The molecule has 0 unspecified atom stereocenters. The van der Waals surface area contributed by atoms with Crippen molar-refractivity contribution in [1.29, 1.82) is 0 Å². The molecule has 0 aliphatic carbocycles. The zero-order valence-corrected chi connectivity index (χ0v) is 13.9. The largest absolute Gasteiger partial charge is 0.461 e. The van der Waals surface area contributed by atoms with Gasteiger partial charge >= 0.3 is 11.6 Å². The van der Waals surface area contributed by atoms with Crippen molar-refractivity contribution >= 4 is 22.6 Å². The fourth-order valence-corrected chi connectivity index (χ4v) is 2.66. The lowest BCUT2D eigenvalue weighted by atomic mass is 10.1. The average Bonchev–Trinajstić information content (AvgIpc) is 2.59. The van der Waals surface area contributed by atoms with Crippen molar-refractivity contribution in [3.63, 3.8) is 0 Å². The topological polar surface area (TPSA) is 99.6 Å². The number of rotatable bonds is 5. The van der Waals surface area contributed by atoms with Gasteiger partial charge in [-0.15, -0.1) is 0 Å². The highest BCUT2D eigenvalue weighted by Crippen LogP contribution is 2.21. The molecule has 1 heterocycles. The lowest BCUT2D eigenvalue weighted by Gasteiger charge is -2.08. The highest BCUT2D eigenvalue weighted by Gasteiger charge is 2.17. The van der Waals surface area contributed by atoms with Crippen molar-refractivity contribution in [3.8, 4) is 0 Å². The molecule has 0 saturated carbocycles. The molecule has 0 atom stereocenters. The molecule has 0 N–H and O–H groups in total. The second-order valence-corrected chi connectivity index (χ2v) is 5.81. The molecule has 0 aliphatic rings. The zero-order valence-electron chi connectivity index (χ0n) is 13.9. The summed E-state index contributed by atoms with van der Waals surface area (Å²) < 4.78 is 10.4. The van der Waals surface area contributed by atoms with Crippen LogP contribution in [0.15, 0.2) is 57.7 Å². The SMILES string of the molecule is Cc1ccc2c(COC(=O)Cc3ccccc3[N+](=O)[O-])cc(=O)oc2c1. The number of aryl methyl sites for hydroxylation is 1. The fraction of sp³-hybridized carbons (Fsp3) is 0.158. The molecule has 7 heteroatoms. The minimum atomic E-state index is -0.618. The monoisotopic (exact) mass is 353 g/mol. The van der Waals surface area contributed by atoms with Crippen LogP contribution in [0.3, 0.4) is 0 Å². The van der Waals surface area contributed by atoms with Gasteiger partial charge in [-0.05, 0) is 18.6 Å². The lowest BCUT2D eigenvalue weighted by Crippen LogP contribution is -2.11. The van der Waals surface area contributed by atoms with Crippen LogP contribution in [-0.4, -0.2) is 10.9 Å². The Bertz CT molecular complexity index is 1050. The van der Waals surface area contributed by atoms with Gasteiger partial charge in [-0.25, -0.2) is 4.79 Å². The number of hydrogen-bond acceptors (Lipinski definition) is 6. The first kappa shape index (κ1) is 17.3. The minimum absolute atomic E-state index is 0.120. The third-order valence-corrected chi connectivity index (χ3v) is 3.90. The predicted octanol–water partition coefficient (Wildman–Crippen LogP) is 3.30. The van der Waals surface area contributed by atoms with Crippen LogP contribution in [0.2, 0.25) is 0 Å². The van der Waals surface area contributed by atoms with Crippen LogP contribution in [0.5, 0.6) is 0 Å². The second-order valence-electron chi connectivity index (χ2n) is 5.81. The molecule has 0 bridgehead atoms. The number of fused-ring (bicyclic) bond motifs is 1. The van der Waals surface area contributed by atoms with Crippen LogP contribution in [0.25, 0.3) is 11.0 Å². The molecule has 3 aromatic rings. The van der Waals surface area contributed by atoms with Crippen molar-refractivity contribution < 1.29 is 18.9 Å². The molecule has 3 rings (SSSR count). The summed E-state index contributed by atoms with van der Waals surface area (Å²) >= 11 is 0. The number of nitro groups is 1. The van der Waals surface area contributed by atoms with E-state index in [0.29, 0.717) is 16.5 Å². The van der Waals surface area contributed by atoms with Gasteiger partial charge in [-0.1, -0.05) is 30.3 Å². The summed E-state index contributed by atoms with van der Waals surface area (Å²) in [6.07, 6.45) is -0.227. The van der Waals surface area contributed by atoms with E-state index < -0.39 is 16.5 Å². The van der Waals surface area contributed by atoms with Gasteiger partial charge in [0.25, 0.3) is 5.69 Å². The molecule has 0 spiro atoms. The Hall–Kier alpha value is -3.48. The van der Waals surface area contributed by atoms with Gasteiger partial charge in [0, 0.05) is 28.6 Å². The van der Waals surface area contributed by atoms with E-state index in [1.54, 1.807) is 18.2 Å². The summed E-state index contributed by atoms with van der Waals surface area (Å²) in [5.74, 6) is -0.618. The van der Waals surface area contributed by atoms with Crippen molar-refractivity contribution in [1.82, 2.24) is 0 Å². The number of para-hydroxylation sites is 1. The highest BCUT2D eigenvalue weighted by atomic mass is 16.6. The lowest BCUT2D eigenvalue weighted by molar-refractivity contribution is -0.385. The van der Waals surface area contributed by atoms with E-state index in [2.05, 4.69) is 0 Å².